The molecule has 0 radical (unpaired) electrons. The van der Waals surface area contributed by atoms with E-state index in [-0.39, 0.29) is 57.5 Å². The Morgan fingerprint density at radius 1 is 0.471 bits per heavy atom. The van der Waals surface area contributed by atoms with Crippen molar-refractivity contribution in [1.29, 1.82) is 0 Å². The zero-order valence-corrected chi connectivity index (χ0v) is 57.5. The molecule has 1 fully saturated rings. The normalized spacial score (nSPS) is 15.8. The minimum Gasteiger partial charge on any atom is -0.481 e. The molecule has 12 amide bonds. The van der Waals surface area contributed by atoms with Gasteiger partial charge in [0.2, 0.25) is 59.1 Å². The fraction of sp³-hybridized carbons (Fsp3) is 0.478. The molecule has 1 heterocycles. The first-order valence-corrected chi connectivity index (χ1v) is 33.8. The van der Waals surface area contributed by atoms with Gasteiger partial charge in [-0.15, -0.1) is 0 Å². The molecule has 1 aliphatic carbocycles. The lowest BCUT2D eigenvalue weighted by atomic mass is 9.81. The van der Waals surface area contributed by atoms with Crippen molar-refractivity contribution in [2.24, 2.45) is 11.8 Å². The van der Waals surface area contributed by atoms with Crippen molar-refractivity contribution in [3.63, 3.8) is 0 Å². The predicted octanol–water partition coefficient (Wildman–Crippen LogP) is -0.0865. The van der Waals surface area contributed by atoms with E-state index in [0.717, 1.165) is 5.56 Å². The van der Waals surface area contributed by atoms with Crippen LogP contribution in [0.4, 0.5) is 9.18 Å². The summed E-state index contributed by atoms with van der Waals surface area (Å²) in [5.41, 5.74) is 2.42. The highest BCUT2D eigenvalue weighted by molar-refractivity contribution is 5.98. The maximum absolute atomic E-state index is 14.4. The van der Waals surface area contributed by atoms with E-state index in [9.17, 15) is 102 Å². The van der Waals surface area contributed by atoms with Crippen molar-refractivity contribution < 1.29 is 107 Å². The number of aliphatic carboxylic acids is 5. The van der Waals surface area contributed by atoms with Gasteiger partial charge in [-0.25, -0.2) is 18.8 Å². The van der Waals surface area contributed by atoms with Gasteiger partial charge in [-0.2, -0.15) is 0 Å². The molecule has 104 heavy (non-hydrogen) atoms. The molecule has 0 saturated heterocycles. The molecule has 5 rings (SSSR count). The average molecular weight is 1460 g/mol. The Balaban J connectivity index is 1.12. The molecule has 3 aromatic carbocycles. The van der Waals surface area contributed by atoms with E-state index < -0.39 is 206 Å². The smallest absolute Gasteiger partial charge is 0.326 e. The molecular formula is C69H90FN13O21. The third-order valence-electron chi connectivity index (χ3n) is 17.0. The van der Waals surface area contributed by atoms with Crippen LogP contribution in [0.15, 0.2) is 85.1 Å². The Morgan fingerprint density at radius 3 is 1.48 bits per heavy atom. The van der Waals surface area contributed by atoms with Crippen molar-refractivity contribution in [2.75, 3.05) is 19.6 Å². The van der Waals surface area contributed by atoms with Crippen LogP contribution in [0.3, 0.4) is 0 Å². The summed E-state index contributed by atoms with van der Waals surface area (Å²) in [6, 6.07) is 7.48. The summed E-state index contributed by atoms with van der Waals surface area (Å²) in [5, 5.41) is 77.1. The van der Waals surface area contributed by atoms with Crippen LogP contribution in [0.5, 0.6) is 0 Å². The van der Waals surface area contributed by atoms with Gasteiger partial charge in [-0.05, 0) is 119 Å². The number of hydrogen-bond acceptors (Lipinski definition) is 16. The SMILES string of the molecule is CC(=O)N[C@@H](Cc1ccccc1)C(=O)N[C@@H](Cc1ccccc1)C(=O)N[C@@H](C)C(=O)N[C@@H](C)C(=O)N[C@@H](CCC(=O)O)C(=O)N[C@@H](CCC(=O)O)C(=O)NCC(=O)NCC1CCC(C(=O)N[C@@H](Cc2c[nH]c3ccc(F)cc23)C(=O)NCCCC[C@H](NC(=O)N[C@@H](CCC(=O)O)C(=O)O)C(=O)O)CC1. The second-order valence-corrected chi connectivity index (χ2v) is 25.3. The van der Waals surface area contributed by atoms with Gasteiger partial charge in [-0.1, -0.05) is 60.7 Å². The standard InChI is InChI=1S/C69H90FN13O21/c1-37(76-65(98)53(31-41-14-8-5-9-15-41)81-66(99)52(77-39(3)84)30-40-12-6-4-7-13-40)59(92)75-38(2)60(93)78-49(24-27-57(88)89)64(97)79-48(23-26-56(86)87)62(95)74-36-55(85)73-34-42-17-19-43(20-18-42)61(94)80-54(32-44-35-72-47-22-21-45(70)33-46(44)47)63(96)71-29-11-10-16-50(67(100)101)82-69(104)83-51(68(102)103)25-28-58(90)91/h4-9,12-15,21-22,33,35,37-38,42-43,48-54,72H,10-11,16-20,23-32,34,36H2,1-3H3,(H,71,96)(H,73,85)(H,74,95)(H,75,92)(H,76,98)(H,77,84)(H,78,93)(H,79,97)(H,80,94)(H,81,99)(H,86,87)(H,88,89)(H,90,91)(H,100,101)(H,102,103)(H2,82,83,104)/t37-,38-,42?,43?,48-,49-,50-,51-,52-,53-,54-/m0/s1. The van der Waals surface area contributed by atoms with Gasteiger partial charge in [0.25, 0.3) is 0 Å². The maximum Gasteiger partial charge on any atom is 0.326 e. The van der Waals surface area contributed by atoms with Gasteiger partial charge < -0.3 is 94.3 Å². The lowest BCUT2D eigenvalue weighted by molar-refractivity contribution is -0.141. The Bertz CT molecular complexity index is 3700. The molecule has 1 aromatic heterocycles. The van der Waals surface area contributed by atoms with E-state index in [1.165, 1.54) is 39.0 Å². The van der Waals surface area contributed by atoms with Crippen molar-refractivity contribution >= 4 is 106 Å². The van der Waals surface area contributed by atoms with Gasteiger partial charge in [0.1, 0.15) is 60.2 Å². The number of H-pyrrole nitrogens is 1. The van der Waals surface area contributed by atoms with E-state index >= 15 is 0 Å². The van der Waals surface area contributed by atoms with Crippen molar-refractivity contribution in [1.82, 2.24) is 68.8 Å². The van der Waals surface area contributed by atoms with Gasteiger partial charge in [0.15, 0.2) is 0 Å². The zero-order valence-electron chi connectivity index (χ0n) is 57.5. The Labute approximate surface area is 596 Å². The number of hydrogen-bond donors (Lipinski definition) is 18. The number of benzene rings is 3. The third-order valence-corrected chi connectivity index (χ3v) is 17.0. The fourth-order valence-corrected chi connectivity index (χ4v) is 11.3. The Morgan fingerprint density at radius 2 is 0.933 bits per heavy atom. The molecule has 1 saturated carbocycles. The summed E-state index contributed by atoms with van der Waals surface area (Å²) in [4.78, 5) is 208. The lowest BCUT2D eigenvalue weighted by Gasteiger charge is -2.29. The second-order valence-electron chi connectivity index (χ2n) is 25.3. The molecule has 18 N–H and O–H groups in total. The number of urea groups is 1. The highest BCUT2D eigenvalue weighted by Gasteiger charge is 2.35. The number of aromatic amines is 1. The van der Waals surface area contributed by atoms with Crippen LogP contribution in [-0.4, -0.2) is 199 Å². The summed E-state index contributed by atoms with van der Waals surface area (Å²) in [5.74, 6) is -16.2. The van der Waals surface area contributed by atoms with E-state index in [1.54, 1.807) is 66.9 Å². The number of carboxylic acid groups (broad SMARTS) is 5. The summed E-state index contributed by atoms with van der Waals surface area (Å²) in [6.45, 7) is 3.15. The summed E-state index contributed by atoms with van der Waals surface area (Å²) < 4.78 is 14.4. The third kappa shape index (κ3) is 29.2. The Kier molecular flexibility index (Phi) is 33.6. The van der Waals surface area contributed by atoms with E-state index in [0.29, 0.717) is 47.7 Å². The van der Waals surface area contributed by atoms with Gasteiger partial charge >= 0.3 is 35.9 Å². The first-order chi connectivity index (χ1) is 49.3. The van der Waals surface area contributed by atoms with E-state index in [4.69, 9.17) is 5.11 Å². The van der Waals surface area contributed by atoms with Crippen molar-refractivity contribution in [3.05, 3.63) is 108 Å². The molecule has 4 aromatic rings. The van der Waals surface area contributed by atoms with Crippen LogP contribution in [-0.2, 0) is 91.2 Å². The molecule has 0 aliphatic heterocycles. The molecule has 35 heteroatoms. The van der Waals surface area contributed by atoms with Crippen LogP contribution in [0.25, 0.3) is 10.9 Å². The number of amides is 12. The Hall–Kier alpha value is -11.6. The fourth-order valence-electron chi connectivity index (χ4n) is 11.3. The summed E-state index contributed by atoms with van der Waals surface area (Å²) >= 11 is 0. The number of carbonyl (C=O) groups excluding carboxylic acids is 11. The first-order valence-electron chi connectivity index (χ1n) is 33.8. The summed E-state index contributed by atoms with van der Waals surface area (Å²) in [6.07, 6.45) is -0.330. The number of halogens is 1. The number of carbonyl (C=O) groups is 16. The second kappa shape index (κ2) is 42.0. The van der Waals surface area contributed by atoms with Gasteiger partial charge in [0, 0.05) is 81.6 Å². The largest absolute Gasteiger partial charge is 0.481 e. The van der Waals surface area contributed by atoms with Crippen molar-refractivity contribution in [3.8, 4) is 0 Å². The number of nitrogens with one attached hydrogen (secondary N) is 13. The monoisotopic (exact) mass is 1460 g/mol. The topological polar surface area (TPSA) is 534 Å². The van der Waals surface area contributed by atoms with Crippen LogP contribution in [0.1, 0.15) is 121 Å². The predicted molar refractivity (Wildman–Crippen MR) is 366 cm³/mol. The minimum absolute atomic E-state index is 0.0198. The molecular weight excluding hydrogens is 1370 g/mol. The molecule has 34 nitrogen and oxygen atoms in total. The van der Waals surface area contributed by atoms with Crippen LogP contribution < -0.4 is 63.8 Å². The van der Waals surface area contributed by atoms with Gasteiger partial charge in [-0.3, -0.25) is 62.3 Å². The molecule has 0 unspecified atom stereocenters. The number of fused-ring (bicyclic) bond motifs is 1. The van der Waals surface area contributed by atoms with E-state index in [2.05, 4.69) is 63.5 Å². The number of carboxylic acids is 5. The maximum atomic E-state index is 14.4. The van der Waals surface area contributed by atoms with Gasteiger partial charge in [0.05, 0.1) is 6.54 Å². The van der Waals surface area contributed by atoms with Crippen LogP contribution in [0, 0.1) is 17.7 Å². The van der Waals surface area contributed by atoms with Crippen LogP contribution >= 0.6 is 0 Å². The molecule has 0 spiro atoms. The summed E-state index contributed by atoms with van der Waals surface area (Å²) in [7, 11) is 0. The van der Waals surface area contributed by atoms with Crippen LogP contribution in [0.2, 0.25) is 0 Å². The number of unbranched alkanes of at least 4 members (excludes halogenated alkanes) is 1. The zero-order chi connectivity index (χ0) is 76.6. The van der Waals surface area contributed by atoms with E-state index in [1.807, 2.05) is 5.32 Å². The molecule has 564 valence electrons. The number of rotatable bonds is 43. The number of aromatic nitrogens is 1. The lowest BCUT2D eigenvalue weighted by Crippen LogP contribution is -2.59. The first kappa shape index (κ1) is 83.1. The molecule has 9 atom stereocenters. The highest BCUT2D eigenvalue weighted by Crippen LogP contribution is 2.29. The quantitative estimate of drug-likeness (QED) is 0.0258. The average Bonchev–Trinajstić information content (AvgIpc) is 1.66. The minimum atomic E-state index is -1.69. The molecule has 0 bridgehead atoms. The highest BCUT2D eigenvalue weighted by atomic mass is 19.1. The molecule has 1 aliphatic rings. The van der Waals surface area contributed by atoms with Crippen molar-refractivity contribution in [2.45, 2.75) is 178 Å².